The van der Waals surface area contributed by atoms with E-state index in [1.165, 1.54) is 4.90 Å². The minimum absolute atomic E-state index is 0.147. The van der Waals surface area contributed by atoms with Crippen molar-refractivity contribution in [3.63, 3.8) is 0 Å². The summed E-state index contributed by atoms with van der Waals surface area (Å²) in [6.07, 6.45) is 1.51. The molecule has 0 radical (unpaired) electrons. The van der Waals surface area contributed by atoms with Crippen LogP contribution in [-0.4, -0.2) is 29.8 Å². The van der Waals surface area contributed by atoms with Crippen LogP contribution in [0.4, 0.5) is 8.78 Å². The van der Waals surface area contributed by atoms with E-state index in [0.717, 1.165) is 22.9 Å². The summed E-state index contributed by atoms with van der Waals surface area (Å²) in [5, 5.41) is 0. The number of amides is 1. The first kappa shape index (κ1) is 12.1. The Bertz CT molecular complexity index is 505. The number of nitrogens with zero attached hydrogens (tertiary/aromatic N) is 1. The van der Waals surface area contributed by atoms with Crippen LogP contribution in [0.1, 0.15) is 18.4 Å². The van der Waals surface area contributed by atoms with Crippen molar-refractivity contribution >= 4 is 21.8 Å². The Kier molecular flexibility index (Phi) is 2.52. The molecule has 1 aromatic rings. The molecule has 3 rings (SSSR count). The van der Waals surface area contributed by atoms with Gasteiger partial charge in [-0.3, -0.25) is 4.79 Å². The number of halogens is 3. The number of hydrogen-bond donors (Lipinski definition) is 0. The molecule has 2 aliphatic rings. The van der Waals surface area contributed by atoms with Crippen LogP contribution < -0.4 is 0 Å². The number of alkyl halides is 2. The van der Waals surface area contributed by atoms with Gasteiger partial charge >= 0.3 is 0 Å². The van der Waals surface area contributed by atoms with Crippen molar-refractivity contribution in [2.45, 2.75) is 24.2 Å². The van der Waals surface area contributed by atoms with Gasteiger partial charge in [0.05, 0.1) is 18.5 Å². The van der Waals surface area contributed by atoms with Crippen molar-refractivity contribution in [1.29, 1.82) is 0 Å². The molecule has 0 unspecified atom stereocenters. The average Bonchev–Trinajstić information content (AvgIpc) is 3.06. The molecule has 1 saturated heterocycles. The van der Waals surface area contributed by atoms with E-state index in [1.54, 1.807) is 0 Å². The topological polar surface area (TPSA) is 20.3 Å². The molecule has 1 aliphatic carbocycles. The Hall–Kier alpha value is -0.970. The molecule has 18 heavy (non-hydrogen) atoms. The Balaban J connectivity index is 1.82. The van der Waals surface area contributed by atoms with Crippen molar-refractivity contribution in [2.24, 2.45) is 0 Å². The van der Waals surface area contributed by atoms with Gasteiger partial charge in [-0.25, -0.2) is 8.78 Å². The normalized spacial score (nSPS) is 23.4. The van der Waals surface area contributed by atoms with Crippen LogP contribution in [0.5, 0.6) is 0 Å². The van der Waals surface area contributed by atoms with Crippen molar-refractivity contribution in [2.75, 3.05) is 13.1 Å². The van der Waals surface area contributed by atoms with E-state index in [-0.39, 0.29) is 5.91 Å². The molecule has 0 atom stereocenters. The van der Waals surface area contributed by atoms with Crippen LogP contribution >= 0.6 is 15.9 Å². The molecule has 96 valence electrons. The first-order valence-corrected chi connectivity index (χ1v) is 6.66. The highest BCUT2D eigenvalue weighted by Crippen LogP contribution is 2.51. The van der Waals surface area contributed by atoms with Crippen LogP contribution in [-0.2, 0) is 10.2 Å². The SMILES string of the molecule is O=C(N1CC(F)(F)C1)C1(c2cccc(Br)c2)CC1. The van der Waals surface area contributed by atoms with Crippen LogP contribution in [0.2, 0.25) is 0 Å². The van der Waals surface area contributed by atoms with Crippen molar-refractivity contribution in [1.82, 2.24) is 4.90 Å². The second-order valence-electron chi connectivity index (χ2n) is 5.11. The number of carbonyl (C=O) groups excluding carboxylic acids is 1. The molecule has 2 nitrogen and oxygen atoms in total. The average molecular weight is 316 g/mol. The van der Waals surface area contributed by atoms with Gasteiger partial charge < -0.3 is 4.90 Å². The fourth-order valence-corrected chi connectivity index (χ4v) is 2.89. The maximum atomic E-state index is 12.8. The number of hydrogen-bond acceptors (Lipinski definition) is 1. The van der Waals surface area contributed by atoms with E-state index in [2.05, 4.69) is 15.9 Å². The largest absolute Gasteiger partial charge is 0.330 e. The third kappa shape index (κ3) is 1.85. The predicted octanol–water partition coefficient (Wildman–Crippen LogP) is 2.96. The molecule has 0 spiro atoms. The van der Waals surface area contributed by atoms with Gasteiger partial charge in [0.2, 0.25) is 5.91 Å². The maximum absolute atomic E-state index is 12.8. The second kappa shape index (κ2) is 3.76. The van der Waals surface area contributed by atoms with Crippen LogP contribution in [0.3, 0.4) is 0 Å². The summed E-state index contributed by atoms with van der Waals surface area (Å²) in [4.78, 5) is 13.6. The maximum Gasteiger partial charge on any atom is 0.282 e. The molecule has 1 heterocycles. The zero-order valence-electron chi connectivity index (χ0n) is 9.63. The summed E-state index contributed by atoms with van der Waals surface area (Å²) in [5.74, 6) is -2.84. The van der Waals surface area contributed by atoms with Gasteiger partial charge in [0, 0.05) is 4.47 Å². The van der Waals surface area contributed by atoms with Gasteiger partial charge in [-0.1, -0.05) is 28.1 Å². The lowest BCUT2D eigenvalue weighted by Crippen LogP contribution is -2.60. The molecule has 0 bridgehead atoms. The standard InChI is InChI=1S/C13H12BrF2NO/c14-10-3-1-2-9(6-10)12(4-5-12)11(18)17-7-13(15,16)8-17/h1-3,6H,4-5,7-8H2. The minimum Gasteiger partial charge on any atom is -0.330 e. The summed E-state index contributed by atoms with van der Waals surface area (Å²) in [5.41, 5.74) is 0.386. The fourth-order valence-electron chi connectivity index (χ4n) is 2.50. The summed E-state index contributed by atoms with van der Waals surface area (Å²) in [6.45, 7) is -0.858. The lowest BCUT2D eigenvalue weighted by atomic mass is 9.92. The van der Waals surface area contributed by atoms with Gasteiger partial charge in [-0.05, 0) is 30.5 Å². The van der Waals surface area contributed by atoms with Gasteiger partial charge in [-0.15, -0.1) is 0 Å². The van der Waals surface area contributed by atoms with Gasteiger partial charge in [0.15, 0.2) is 0 Å². The van der Waals surface area contributed by atoms with E-state index in [9.17, 15) is 13.6 Å². The molecule has 0 N–H and O–H groups in total. The van der Waals surface area contributed by atoms with Crippen molar-refractivity contribution in [3.05, 3.63) is 34.3 Å². The molecule has 1 saturated carbocycles. The Morgan fingerprint density at radius 3 is 2.44 bits per heavy atom. The second-order valence-corrected chi connectivity index (χ2v) is 6.03. The highest BCUT2D eigenvalue weighted by molar-refractivity contribution is 9.10. The Morgan fingerprint density at radius 1 is 1.28 bits per heavy atom. The highest BCUT2D eigenvalue weighted by Gasteiger charge is 2.58. The molecular formula is C13H12BrF2NO. The van der Waals surface area contributed by atoms with Gasteiger partial charge in [-0.2, -0.15) is 0 Å². The third-order valence-electron chi connectivity index (χ3n) is 3.67. The van der Waals surface area contributed by atoms with E-state index >= 15 is 0 Å². The fraction of sp³-hybridized carbons (Fsp3) is 0.462. The lowest BCUT2D eigenvalue weighted by molar-refractivity contribution is -0.168. The molecule has 1 amide bonds. The van der Waals surface area contributed by atoms with Gasteiger partial charge in [0.1, 0.15) is 0 Å². The summed E-state index contributed by atoms with van der Waals surface area (Å²) < 4.78 is 26.6. The zero-order valence-corrected chi connectivity index (χ0v) is 11.2. The molecule has 5 heteroatoms. The molecule has 2 fully saturated rings. The Labute approximate surface area is 112 Å². The number of rotatable bonds is 2. The predicted molar refractivity (Wildman–Crippen MR) is 66.6 cm³/mol. The quantitative estimate of drug-likeness (QED) is 0.821. The minimum atomic E-state index is -2.69. The number of benzene rings is 1. The van der Waals surface area contributed by atoms with Crippen molar-refractivity contribution in [3.8, 4) is 0 Å². The van der Waals surface area contributed by atoms with Crippen molar-refractivity contribution < 1.29 is 13.6 Å². The molecule has 0 aromatic heterocycles. The molecule has 1 aromatic carbocycles. The third-order valence-corrected chi connectivity index (χ3v) is 4.16. The van der Waals surface area contributed by atoms with E-state index < -0.39 is 24.4 Å². The summed E-state index contributed by atoms with van der Waals surface area (Å²) in [6, 6.07) is 7.57. The first-order valence-electron chi connectivity index (χ1n) is 5.86. The monoisotopic (exact) mass is 315 g/mol. The van der Waals surface area contributed by atoms with E-state index in [1.807, 2.05) is 24.3 Å². The van der Waals surface area contributed by atoms with Crippen LogP contribution in [0, 0.1) is 0 Å². The number of carbonyl (C=O) groups is 1. The van der Waals surface area contributed by atoms with E-state index in [0.29, 0.717) is 0 Å². The summed E-state index contributed by atoms with van der Waals surface area (Å²) >= 11 is 3.37. The van der Waals surface area contributed by atoms with Gasteiger partial charge in [0.25, 0.3) is 5.92 Å². The van der Waals surface area contributed by atoms with Crippen LogP contribution in [0.25, 0.3) is 0 Å². The molecule has 1 aliphatic heterocycles. The smallest absolute Gasteiger partial charge is 0.282 e. The van der Waals surface area contributed by atoms with E-state index in [4.69, 9.17) is 0 Å². The zero-order chi connectivity index (χ0) is 13.0. The highest BCUT2D eigenvalue weighted by atomic mass is 79.9. The molecular weight excluding hydrogens is 304 g/mol. The number of likely N-dealkylation sites (tertiary alicyclic amines) is 1. The Morgan fingerprint density at radius 2 is 1.94 bits per heavy atom. The van der Waals surface area contributed by atoms with Crippen LogP contribution in [0.15, 0.2) is 28.7 Å². The first-order chi connectivity index (χ1) is 8.43. The lowest BCUT2D eigenvalue weighted by Gasteiger charge is -2.40. The summed E-state index contributed by atoms with van der Waals surface area (Å²) in [7, 11) is 0.